The summed E-state index contributed by atoms with van der Waals surface area (Å²) in [6.45, 7) is 0.755. The van der Waals surface area contributed by atoms with E-state index in [1.165, 1.54) is 0 Å². The van der Waals surface area contributed by atoms with Crippen LogP contribution in [0.3, 0.4) is 0 Å². The van der Waals surface area contributed by atoms with Gasteiger partial charge in [-0.1, -0.05) is 0 Å². The van der Waals surface area contributed by atoms with Crippen LogP contribution in [0.15, 0.2) is 18.2 Å². The molecule has 0 spiro atoms. The average molecular weight is 237 g/mol. The van der Waals surface area contributed by atoms with Crippen LogP contribution in [0.25, 0.3) is 0 Å². The third kappa shape index (κ3) is 3.91. The summed E-state index contributed by atoms with van der Waals surface area (Å²) in [5.74, 6) is 0.693. The monoisotopic (exact) mass is 237 g/mol. The second kappa shape index (κ2) is 6.13. The largest absolute Gasteiger partial charge is 0.398 e. The summed E-state index contributed by atoms with van der Waals surface area (Å²) in [5, 5.41) is 11.9. The number of nitrogens with zero attached hydrogens (tertiary/aromatic N) is 1. The smallest absolute Gasteiger partial charge is 0.101 e. The van der Waals surface area contributed by atoms with E-state index in [-0.39, 0.29) is 0 Å². The highest BCUT2D eigenvalue weighted by atomic mass is 32.2. The molecule has 0 saturated heterocycles. The summed E-state index contributed by atoms with van der Waals surface area (Å²) in [6.07, 6.45) is 2.54. The van der Waals surface area contributed by atoms with Crippen molar-refractivity contribution in [1.82, 2.24) is 0 Å². The van der Waals surface area contributed by atoms with Gasteiger partial charge in [-0.3, -0.25) is 4.21 Å². The standard InChI is InChI=1S/C11H15N3OS/c1-16(15)6-2-5-14-10-4-3-9(8-12)11(13)7-10/h3-4,7,14H,2,5-6,13H2,1H3. The van der Waals surface area contributed by atoms with Gasteiger partial charge in [-0.05, 0) is 24.6 Å². The van der Waals surface area contributed by atoms with Crippen molar-refractivity contribution in [3.05, 3.63) is 23.8 Å². The lowest BCUT2D eigenvalue weighted by Gasteiger charge is -2.07. The van der Waals surface area contributed by atoms with Crippen LogP contribution in [-0.4, -0.2) is 22.8 Å². The zero-order valence-electron chi connectivity index (χ0n) is 9.19. The molecule has 4 nitrogen and oxygen atoms in total. The fourth-order valence-electron chi connectivity index (χ4n) is 1.28. The van der Waals surface area contributed by atoms with Crippen LogP contribution in [-0.2, 0) is 10.8 Å². The molecule has 0 fully saturated rings. The van der Waals surface area contributed by atoms with E-state index < -0.39 is 10.8 Å². The maximum atomic E-state index is 10.8. The van der Waals surface area contributed by atoms with Gasteiger partial charge in [0, 0.05) is 35.0 Å². The molecule has 0 amide bonds. The molecule has 5 heteroatoms. The first-order chi connectivity index (χ1) is 7.63. The molecule has 16 heavy (non-hydrogen) atoms. The van der Waals surface area contributed by atoms with Crippen molar-refractivity contribution in [3.8, 4) is 6.07 Å². The van der Waals surface area contributed by atoms with Crippen molar-refractivity contribution < 1.29 is 4.21 Å². The number of hydrogen-bond acceptors (Lipinski definition) is 4. The van der Waals surface area contributed by atoms with Gasteiger partial charge >= 0.3 is 0 Å². The maximum Gasteiger partial charge on any atom is 0.101 e. The van der Waals surface area contributed by atoms with Gasteiger partial charge in [0.15, 0.2) is 0 Å². The molecule has 1 atom stereocenters. The van der Waals surface area contributed by atoms with Crippen LogP contribution in [0.2, 0.25) is 0 Å². The number of nitriles is 1. The van der Waals surface area contributed by atoms with Gasteiger partial charge in [0.2, 0.25) is 0 Å². The zero-order valence-corrected chi connectivity index (χ0v) is 10.0. The van der Waals surface area contributed by atoms with Gasteiger partial charge in [-0.2, -0.15) is 5.26 Å². The molecule has 0 aliphatic carbocycles. The minimum absolute atomic E-state index is 0.478. The van der Waals surface area contributed by atoms with E-state index in [1.54, 1.807) is 18.4 Å². The predicted molar refractivity (Wildman–Crippen MR) is 67.6 cm³/mol. The lowest BCUT2D eigenvalue weighted by Crippen LogP contribution is -2.06. The van der Waals surface area contributed by atoms with Gasteiger partial charge in [0.05, 0.1) is 11.3 Å². The Morgan fingerprint density at radius 3 is 2.88 bits per heavy atom. The highest BCUT2D eigenvalue weighted by Crippen LogP contribution is 2.16. The lowest BCUT2D eigenvalue weighted by atomic mass is 10.2. The minimum Gasteiger partial charge on any atom is -0.398 e. The number of hydrogen-bond donors (Lipinski definition) is 2. The van der Waals surface area contributed by atoms with E-state index in [4.69, 9.17) is 11.0 Å². The summed E-state index contributed by atoms with van der Waals surface area (Å²) in [7, 11) is -0.741. The lowest BCUT2D eigenvalue weighted by molar-refractivity contribution is 0.685. The first-order valence-corrected chi connectivity index (χ1v) is 6.69. The highest BCUT2D eigenvalue weighted by molar-refractivity contribution is 7.84. The van der Waals surface area contributed by atoms with Crippen LogP contribution in [0.1, 0.15) is 12.0 Å². The van der Waals surface area contributed by atoms with Crippen molar-refractivity contribution in [2.24, 2.45) is 0 Å². The SMILES string of the molecule is CS(=O)CCCNc1ccc(C#N)c(N)c1. The predicted octanol–water partition coefficient (Wildman–Crippen LogP) is 1.32. The maximum absolute atomic E-state index is 10.8. The van der Waals surface area contributed by atoms with Gasteiger partial charge < -0.3 is 11.1 Å². The molecular weight excluding hydrogens is 222 g/mol. The number of benzene rings is 1. The Hall–Kier alpha value is -1.54. The van der Waals surface area contributed by atoms with Gasteiger partial charge in [-0.15, -0.1) is 0 Å². The van der Waals surface area contributed by atoms with Crippen LogP contribution in [0.5, 0.6) is 0 Å². The third-order valence-corrected chi connectivity index (χ3v) is 2.97. The fourth-order valence-corrected chi connectivity index (χ4v) is 1.83. The Balaban J connectivity index is 2.47. The summed E-state index contributed by atoms with van der Waals surface area (Å²) in [4.78, 5) is 0. The normalized spacial score (nSPS) is 11.8. The summed E-state index contributed by atoms with van der Waals surface area (Å²) in [5.41, 5.74) is 7.53. The summed E-state index contributed by atoms with van der Waals surface area (Å²) >= 11 is 0. The Morgan fingerprint density at radius 2 is 2.31 bits per heavy atom. The first kappa shape index (κ1) is 12.5. The Kier molecular flexibility index (Phi) is 4.80. The van der Waals surface area contributed by atoms with E-state index in [1.807, 2.05) is 12.1 Å². The molecule has 0 bridgehead atoms. The highest BCUT2D eigenvalue weighted by Gasteiger charge is 1.99. The summed E-state index contributed by atoms with van der Waals surface area (Å²) < 4.78 is 10.8. The van der Waals surface area contributed by atoms with Crippen LogP contribution >= 0.6 is 0 Å². The summed E-state index contributed by atoms with van der Waals surface area (Å²) in [6, 6.07) is 7.26. The molecule has 86 valence electrons. The fraction of sp³-hybridized carbons (Fsp3) is 0.364. The van der Waals surface area contributed by atoms with Crippen LogP contribution < -0.4 is 11.1 Å². The molecule has 0 radical (unpaired) electrons. The van der Waals surface area contributed by atoms with Crippen molar-refractivity contribution >= 4 is 22.2 Å². The molecule has 1 aromatic carbocycles. The van der Waals surface area contributed by atoms with Gasteiger partial charge in [0.1, 0.15) is 6.07 Å². The first-order valence-electron chi connectivity index (χ1n) is 4.97. The Morgan fingerprint density at radius 1 is 1.56 bits per heavy atom. The molecular formula is C11H15N3OS. The van der Waals surface area contributed by atoms with Gasteiger partial charge in [-0.25, -0.2) is 0 Å². The number of nitrogens with one attached hydrogen (secondary N) is 1. The Labute approximate surface area is 97.9 Å². The van der Waals surface area contributed by atoms with Crippen molar-refractivity contribution in [1.29, 1.82) is 5.26 Å². The second-order valence-electron chi connectivity index (χ2n) is 3.47. The quantitative estimate of drug-likeness (QED) is 0.598. The zero-order chi connectivity index (χ0) is 12.0. The molecule has 0 aliphatic heterocycles. The van der Waals surface area contributed by atoms with Crippen molar-refractivity contribution in [2.45, 2.75) is 6.42 Å². The van der Waals surface area contributed by atoms with E-state index >= 15 is 0 Å². The van der Waals surface area contributed by atoms with Crippen LogP contribution in [0, 0.1) is 11.3 Å². The van der Waals surface area contributed by atoms with E-state index in [0.29, 0.717) is 17.0 Å². The van der Waals surface area contributed by atoms with Gasteiger partial charge in [0.25, 0.3) is 0 Å². The van der Waals surface area contributed by atoms with Crippen molar-refractivity contribution in [3.63, 3.8) is 0 Å². The van der Waals surface area contributed by atoms with Crippen LogP contribution in [0.4, 0.5) is 11.4 Å². The molecule has 1 unspecified atom stereocenters. The average Bonchev–Trinajstić information content (AvgIpc) is 2.24. The third-order valence-electron chi connectivity index (χ3n) is 2.11. The molecule has 0 aliphatic rings. The van der Waals surface area contributed by atoms with Crippen molar-refractivity contribution in [2.75, 3.05) is 29.6 Å². The minimum atomic E-state index is -0.741. The molecule has 1 aromatic rings. The number of anilines is 2. The van der Waals surface area contributed by atoms with E-state index in [2.05, 4.69) is 5.32 Å². The number of rotatable bonds is 5. The topological polar surface area (TPSA) is 78.9 Å². The van der Waals surface area contributed by atoms with E-state index in [9.17, 15) is 4.21 Å². The molecule has 0 aromatic heterocycles. The Bertz CT molecular complexity index is 426. The molecule has 3 N–H and O–H groups in total. The molecule has 0 saturated carbocycles. The number of nitrogens with two attached hydrogens (primary N) is 1. The molecule has 1 rings (SSSR count). The number of nitrogen functional groups attached to an aromatic ring is 1. The van der Waals surface area contributed by atoms with E-state index in [0.717, 1.165) is 18.7 Å². The second-order valence-corrected chi connectivity index (χ2v) is 5.03. The molecule has 0 heterocycles.